The predicted molar refractivity (Wildman–Crippen MR) is 130 cm³/mol. The Morgan fingerprint density at radius 2 is 1.65 bits per heavy atom. The predicted octanol–water partition coefficient (Wildman–Crippen LogP) is 4.77. The Labute approximate surface area is 178 Å². The number of hydrogen-bond donors (Lipinski definition) is 2. The fourth-order valence-corrected chi connectivity index (χ4v) is 4.78. The Hall–Kier alpha value is -3.70. The van der Waals surface area contributed by atoms with Gasteiger partial charge in [0.25, 0.3) is 5.56 Å². The number of fused-ring (bicyclic) bond motifs is 3. The molecule has 0 radical (unpaired) electrons. The van der Waals surface area contributed by atoms with Gasteiger partial charge in [0.2, 0.25) is 0 Å². The lowest BCUT2D eigenvalue weighted by molar-refractivity contribution is 0.748. The van der Waals surface area contributed by atoms with E-state index in [0.29, 0.717) is 5.65 Å². The quantitative estimate of drug-likeness (QED) is 0.246. The molecule has 31 heavy (non-hydrogen) atoms. The first-order valence-corrected chi connectivity index (χ1v) is 10.7. The van der Waals surface area contributed by atoms with Crippen LogP contribution in [0.25, 0.3) is 49.0 Å². The topological polar surface area (TPSA) is 58.4 Å². The van der Waals surface area contributed by atoms with Gasteiger partial charge in [-0.05, 0) is 55.7 Å². The van der Waals surface area contributed by atoms with Crippen LogP contribution < -0.4 is 16.2 Å². The van der Waals surface area contributed by atoms with E-state index in [1.807, 2.05) is 43.4 Å². The van der Waals surface area contributed by atoms with Gasteiger partial charge in [0, 0.05) is 39.2 Å². The Bertz CT molecular complexity index is 1650. The van der Waals surface area contributed by atoms with Gasteiger partial charge < -0.3 is 10.6 Å². The summed E-state index contributed by atoms with van der Waals surface area (Å²) < 4.78 is 1.78. The van der Waals surface area contributed by atoms with Crippen LogP contribution in [0.4, 0.5) is 5.69 Å². The average molecular weight is 406 g/mol. The lowest BCUT2D eigenvalue weighted by Gasteiger charge is -2.16. The molecule has 5 nitrogen and oxygen atoms in total. The van der Waals surface area contributed by atoms with Crippen LogP contribution in [-0.2, 0) is 0 Å². The highest BCUT2D eigenvalue weighted by atomic mass is 16.1. The van der Waals surface area contributed by atoms with Gasteiger partial charge >= 0.3 is 0 Å². The summed E-state index contributed by atoms with van der Waals surface area (Å²) in [6, 6.07) is 22.4. The summed E-state index contributed by atoms with van der Waals surface area (Å²) in [5, 5.41) is 12.6. The number of pyridine rings is 1. The van der Waals surface area contributed by atoms with Gasteiger partial charge in [0.15, 0.2) is 0 Å². The fourth-order valence-electron chi connectivity index (χ4n) is 4.78. The van der Waals surface area contributed by atoms with Crippen LogP contribution in [0.2, 0.25) is 0 Å². The Morgan fingerprint density at radius 3 is 2.52 bits per heavy atom. The van der Waals surface area contributed by atoms with Gasteiger partial charge in [0.1, 0.15) is 5.65 Å². The molecular formula is C26H22N4O. The first kappa shape index (κ1) is 18.1. The van der Waals surface area contributed by atoms with Gasteiger partial charge in [-0.25, -0.2) is 4.98 Å². The SMILES string of the molecule is CNCCCNc1ccc2c3c1cccc3c(=O)n1c3cccc4cccc(nc21)c43. The summed E-state index contributed by atoms with van der Waals surface area (Å²) in [4.78, 5) is 18.7. The summed E-state index contributed by atoms with van der Waals surface area (Å²) in [7, 11) is 1.96. The van der Waals surface area contributed by atoms with E-state index < -0.39 is 0 Å². The molecule has 0 bridgehead atoms. The molecule has 0 atom stereocenters. The van der Waals surface area contributed by atoms with E-state index in [9.17, 15) is 4.79 Å². The van der Waals surface area contributed by atoms with Gasteiger partial charge in [-0.15, -0.1) is 0 Å². The van der Waals surface area contributed by atoms with Crippen molar-refractivity contribution in [3.05, 3.63) is 77.1 Å². The molecule has 0 aliphatic carbocycles. The molecule has 0 saturated heterocycles. The molecule has 0 aliphatic rings. The highest BCUT2D eigenvalue weighted by molar-refractivity contribution is 6.19. The second-order valence-corrected chi connectivity index (χ2v) is 8.00. The second kappa shape index (κ2) is 6.93. The standard InChI is InChI=1S/C26H22N4O/c1-27-14-5-15-28-20-13-12-18-24-17(20)8-4-9-19(24)26(31)30-22-11-3-7-16-6-2-10-21(23(16)22)29-25(18)30/h2-4,6-13,27-28H,5,14-15H2,1H3. The minimum atomic E-state index is -0.0220. The number of rotatable bonds is 5. The minimum Gasteiger partial charge on any atom is -0.384 e. The third-order valence-corrected chi connectivity index (χ3v) is 6.17. The van der Waals surface area contributed by atoms with E-state index >= 15 is 0 Å². The first-order chi connectivity index (χ1) is 15.3. The lowest BCUT2D eigenvalue weighted by Crippen LogP contribution is -2.17. The highest BCUT2D eigenvalue weighted by Crippen LogP contribution is 2.34. The molecule has 4 aromatic carbocycles. The van der Waals surface area contributed by atoms with Crippen molar-refractivity contribution < 1.29 is 0 Å². The van der Waals surface area contributed by atoms with Crippen LogP contribution >= 0.6 is 0 Å². The Kier molecular flexibility index (Phi) is 4.04. The fraction of sp³-hybridized carbons (Fsp3) is 0.154. The molecule has 2 N–H and O–H groups in total. The van der Waals surface area contributed by atoms with E-state index in [2.05, 4.69) is 41.0 Å². The van der Waals surface area contributed by atoms with Crippen molar-refractivity contribution in [3.63, 3.8) is 0 Å². The lowest BCUT2D eigenvalue weighted by atomic mass is 10.00. The maximum Gasteiger partial charge on any atom is 0.264 e. The zero-order valence-corrected chi connectivity index (χ0v) is 17.3. The summed E-state index contributed by atoms with van der Waals surface area (Å²) in [6.07, 6.45) is 1.03. The molecule has 6 aromatic rings. The van der Waals surface area contributed by atoms with Crippen LogP contribution in [0.15, 0.2) is 71.5 Å². The molecule has 5 heteroatoms. The second-order valence-electron chi connectivity index (χ2n) is 8.00. The summed E-state index contributed by atoms with van der Waals surface area (Å²) >= 11 is 0. The van der Waals surface area contributed by atoms with Crippen LogP contribution in [0.3, 0.4) is 0 Å². The normalized spacial score (nSPS) is 12.0. The zero-order valence-electron chi connectivity index (χ0n) is 17.3. The molecule has 152 valence electrons. The van der Waals surface area contributed by atoms with Crippen molar-refractivity contribution in [3.8, 4) is 0 Å². The average Bonchev–Trinajstić information content (AvgIpc) is 2.81. The van der Waals surface area contributed by atoms with Crippen LogP contribution in [-0.4, -0.2) is 29.5 Å². The van der Waals surface area contributed by atoms with Crippen molar-refractivity contribution in [2.75, 3.05) is 25.5 Å². The highest BCUT2D eigenvalue weighted by Gasteiger charge is 2.17. The zero-order chi connectivity index (χ0) is 20.9. The molecule has 6 rings (SSSR count). The van der Waals surface area contributed by atoms with Gasteiger partial charge in [-0.2, -0.15) is 0 Å². The van der Waals surface area contributed by atoms with Crippen LogP contribution in [0.1, 0.15) is 6.42 Å². The Balaban J connectivity index is 1.73. The maximum atomic E-state index is 13.7. The summed E-state index contributed by atoms with van der Waals surface area (Å²) in [6.45, 7) is 1.83. The van der Waals surface area contributed by atoms with Crippen molar-refractivity contribution in [1.82, 2.24) is 14.7 Å². The van der Waals surface area contributed by atoms with Crippen LogP contribution in [0.5, 0.6) is 0 Å². The van der Waals surface area contributed by atoms with Crippen molar-refractivity contribution in [2.45, 2.75) is 6.42 Å². The molecular weight excluding hydrogens is 384 g/mol. The minimum absolute atomic E-state index is 0.0220. The van der Waals surface area contributed by atoms with Crippen molar-refractivity contribution in [2.24, 2.45) is 0 Å². The van der Waals surface area contributed by atoms with Gasteiger partial charge in [-0.3, -0.25) is 9.20 Å². The molecule has 2 aromatic heterocycles. The van der Waals surface area contributed by atoms with Gasteiger partial charge in [0.05, 0.1) is 11.0 Å². The molecule has 0 spiro atoms. The monoisotopic (exact) mass is 406 g/mol. The number of aromatic nitrogens is 2. The number of nitrogens with zero attached hydrogens (tertiary/aromatic N) is 2. The maximum absolute atomic E-state index is 13.7. The van der Waals surface area contributed by atoms with Crippen LogP contribution in [0, 0.1) is 0 Å². The molecule has 0 aliphatic heterocycles. The van der Waals surface area contributed by atoms with Crippen molar-refractivity contribution in [1.29, 1.82) is 0 Å². The van der Waals surface area contributed by atoms with E-state index in [1.54, 1.807) is 4.40 Å². The molecule has 0 saturated carbocycles. The Morgan fingerprint density at radius 1 is 0.839 bits per heavy atom. The summed E-state index contributed by atoms with van der Waals surface area (Å²) in [5.74, 6) is 0. The number of nitrogens with one attached hydrogen (secondary N) is 2. The van der Waals surface area contributed by atoms with Crippen molar-refractivity contribution >= 4 is 54.7 Å². The first-order valence-electron chi connectivity index (χ1n) is 10.7. The summed E-state index contributed by atoms with van der Waals surface area (Å²) in [5.41, 5.74) is 3.55. The van der Waals surface area contributed by atoms with E-state index in [-0.39, 0.29) is 5.56 Å². The van der Waals surface area contributed by atoms with E-state index in [1.165, 1.54) is 0 Å². The van der Waals surface area contributed by atoms with E-state index in [4.69, 9.17) is 4.98 Å². The van der Waals surface area contributed by atoms with Gasteiger partial charge in [-0.1, -0.05) is 36.4 Å². The smallest absolute Gasteiger partial charge is 0.264 e. The third-order valence-electron chi connectivity index (χ3n) is 6.17. The number of anilines is 1. The third kappa shape index (κ3) is 2.60. The van der Waals surface area contributed by atoms with E-state index in [0.717, 1.165) is 68.5 Å². The number of hydrogen-bond acceptors (Lipinski definition) is 4. The molecule has 0 amide bonds. The number of benzene rings is 4. The molecule has 2 heterocycles. The molecule has 0 fully saturated rings. The molecule has 0 unspecified atom stereocenters. The largest absolute Gasteiger partial charge is 0.384 e.